The summed E-state index contributed by atoms with van der Waals surface area (Å²) >= 11 is 0. The molecule has 35 heavy (non-hydrogen) atoms. The summed E-state index contributed by atoms with van der Waals surface area (Å²) in [6.07, 6.45) is 2.44. The zero-order chi connectivity index (χ0) is 24.6. The van der Waals surface area contributed by atoms with E-state index in [2.05, 4.69) is 11.8 Å². The molecule has 2 heterocycles. The fraction of sp³-hybridized carbons (Fsp3) is 0.296. The summed E-state index contributed by atoms with van der Waals surface area (Å²) in [6, 6.07) is 16.7. The van der Waals surface area contributed by atoms with E-state index in [0.29, 0.717) is 43.2 Å². The van der Waals surface area contributed by atoms with Crippen molar-refractivity contribution in [3.63, 3.8) is 0 Å². The lowest BCUT2D eigenvalue weighted by Gasteiger charge is -2.30. The van der Waals surface area contributed by atoms with E-state index in [1.165, 1.54) is 6.21 Å². The average Bonchev–Trinajstić information content (AvgIpc) is 3.16. The predicted octanol–water partition coefficient (Wildman–Crippen LogP) is 3.56. The van der Waals surface area contributed by atoms with Crippen LogP contribution in [0.5, 0.6) is 11.5 Å². The maximum Gasteiger partial charge on any atom is 0.330 e. The van der Waals surface area contributed by atoms with E-state index in [1.54, 1.807) is 21.6 Å². The average molecular weight is 470 g/mol. The van der Waals surface area contributed by atoms with Gasteiger partial charge in [0.1, 0.15) is 17.0 Å². The van der Waals surface area contributed by atoms with Crippen molar-refractivity contribution in [3.8, 4) is 23.3 Å². The molecular formula is C27H27N5O3. The number of fused-ring (bicyclic) bond motifs is 1. The molecule has 3 aliphatic rings. The smallest absolute Gasteiger partial charge is 0.330 e. The molecule has 0 aromatic heterocycles. The highest BCUT2D eigenvalue weighted by molar-refractivity contribution is 6.05. The predicted molar refractivity (Wildman–Crippen MR) is 133 cm³/mol. The highest BCUT2D eigenvalue weighted by atomic mass is 16.5. The van der Waals surface area contributed by atoms with Crippen LogP contribution in [0.3, 0.4) is 0 Å². The molecular weight excluding hydrogens is 442 g/mol. The number of para-hydroxylation sites is 1. The number of carbonyl (C=O) groups is 2. The van der Waals surface area contributed by atoms with Gasteiger partial charge in [-0.3, -0.25) is 9.69 Å². The second-order valence-corrected chi connectivity index (χ2v) is 8.95. The van der Waals surface area contributed by atoms with E-state index in [9.17, 15) is 9.59 Å². The molecule has 3 N–H and O–H groups in total. The number of hydrogen-bond donors (Lipinski definition) is 2. The molecule has 0 radical (unpaired) electrons. The van der Waals surface area contributed by atoms with Gasteiger partial charge in [0.15, 0.2) is 0 Å². The van der Waals surface area contributed by atoms with E-state index in [4.69, 9.17) is 15.9 Å². The maximum absolute atomic E-state index is 13.6. The summed E-state index contributed by atoms with van der Waals surface area (Å²) in [6.45, 7) is 3.29. The number of likely N-dealkylation sites (tertiary alicyclic amines) is 1. The number of benzene rings is 2. The van der Waals surface area contributed by atoms with Crippen LogP contribution in [0.1, 0.15) is 19.8 Å². The SMILES string of the molecule is CC#CC(=O)N1CCC(CN2C(=O)N(c3ccc(Oc4ccccc4)cc3)C3=C(N)C32CC=N)C1. The van der Waals surface area contributed by atoms with Crippen molar-refractivity contribution in [2.75, 3.05) is 24.5 Å². The first-order valence-corrected chi connectivity index (χ1v) is 11.7. The molecule has 2 atom stereocenters. The summed E-state index contributed by atoms with van der Waals surface area (Å²) < 4.78 is 5.87. The number of amides is 3. The molecule has 0 bridgehead atoms. The van der Waals surface area contributed by atoms with Crippen molar-refractivity contribution in [2.45, 2.75) is 25.3 Å². The first-order valence-electron chi connectivity index (χ1n) is 11.7. The summed E-state index contributed by atoms with van der Waals surface area (Å²) in [4.78, 5) is 30.9. The number of anilines is 1. The van der Waals surface area contributed by atoms with Crippen molar-refractivity contribution in [1.29, 1.82) is 5.41 Å². The number of carbonyl (C=O) groups excluding carboxylic acids is 2. The summed E-state index contributed by atoms with van der Waals surface area (Å²) in [5, 5.41) is 7.74. The molecule has 2 saturated heterocycles. The van der Waals surface area contributed by atoms with E-state index in [-0.39, 0.29) is 17.9 Å². The normalized spacial score (nSPS) is 22.6. The second-order valence-electron chi connectivity index (χ2n) is 8.95. The number of nitrogens with one attached hydrogen (secondary N) is 1. The monoisotopic (exact) mass is 469 g/mol. The Labute approximate surface area is 204 Å². The minimum absolute atomic E-state index is 0.125. The Morgan fingerprint density at radius 3 is 2.60 bits per heavy atom. The molecule has 2 unspecified atom stereocenters. The van der Waals surface area contributed by atoms with Crippen LogP contribution in [0.15, 0.2) is 66.0 Å². The number of urea groups is 1. The molecule has 2 aromatic rings. The van der Waals surface area contributed by atoms with Crippen molar-refractivity contribution < 1.29 is 14.3 Å². The van der Waals surface area contributed by atoms with E-state index in [1.807, 2.05) is 54.6 Å². The van der Waals surface area contributed by atoms with Gasteiger partial charge < -0.3 is 25.7 Å². The third kappa shape index (κ3) is 3.79. The van der Waals surface area contributed by atoms with Crippen LogP contribution in [0.25, 0.3) is 0 Å². The van der Waals surface area contributed by atoms with Crippen molar-refractivity contribution >= 4 is 23.8 Å². The molecule has 5 rings (SSSR count). The van der Waals surface area contributed by atoms with E-state index in [0.717, 1.165) is 17.9 Å². The molecule has 2 aliphatic heterocycles. The van der Waals surface area contributed by atoms with E-state index >= 15 is 0 Å². The third-order valence-electron chi connectivity index (χ3n) is 6.85. The fourth-order valence-corrected chi connectivity index (χ4v) is 5.11. The van der Waals surface area contributed by atoms with Gasteiger partial charge >= 0.3 is 6.03 Å². The molecule has 2 aromatic carbocycles. The lowest BCUT2D eigenvalue weighted by Crippen LogP contribution is -2.46. The van der Waals surface area contributed by atoms with Crippen molar-refractivity contribution in [1.82, 2.24) is 9.80 Å². The lowest BCUT2D eigenvalue weighted by molar-refractivity contribution is -0.124. The van der Waals surface area contributed by atoms with Crippen molar-refractivity contribution in [2.24, 2.45) is 11.7 Å². The molecule has 2 fully saturated rings. The van der Waals surface area contributed by atoms with Gasteiger partial charge in [-0.1, -0.05) is 24.1 Å². The number of nitrogens with two attached hydrogens (primary N) is 1. The van der Waals surface area contributed by atoms with E-state index < -0.39 is 5.54 Å². The number of rotatable bonds is 7. The fourth-order valence-electron chi connectivity index (χ4n) is 5.11. The molecule has 0 saturated carbocycles. The van der Waals surface area contributed by atoms with Gasteiger partial charge in [-0.15, -0.1) is 0 Å². The van der Waals surface area contributed by atoms with Crippen molar-refractivity contribution in [3.05, 3.63) is 66.0 Å². The maximum atomic E-state index is 13.6. The van der Waals surface area contributed by atoms with Gasteiger partial charge in [-0.25, -0.2) is 4.79 Å². The van der Waals surface area contributed by atoms with Gasteiger partial charge in [0.05, 0.1) is 17.1 Å². The third-order valence-corrected chi connectivity index (χ3v) is 6.85. The molecule has 1 aliphatic carbocycles. The minimum atomic E-state index is -0.751. The highest BCUT2D eigenvalue weighted by Crippen LogP contribution is 2.56. The standard InChI is InChI=1S/C27H27N5O3/c1-2-6-23(33)30-16-13-19(17-30)18-31-26(34)32(25-24(29)27(25,31)14-15-28)20-9-11-22(12-10-20)35-21-7-4-3-5-8-21/h3-5,7-12,15,19,28H,13-14,16-18,29H2,1H3. The number of ether oxygens (including phenoxy) is 1. The Balaban J connectivity index is 1.35. The first kappa shape index (κ1) is 22.5. The minimum Gasteiger partial charge on any atom is -0.457 e. The summed E-state index contributed by atoms with van der Waals surface area (Å²) in [5.74, 6) is 6.59. The highest BCUT2D eigenvalue weighted by Gasteiger charge is 2.67. The lowest BCUT2D eigenvalue weighted by atomic mass is 10.0. The Morgan fingerprint density at radius 1 is 1.20 bits per heavy atom. The topological polar surface area (TPSA) is 103 Å². The molecule has 0 spiro atoms. The van der Waals surface area contributed by atoms with Crippen LogP contribution in [0, 0.1) is 23.2 Å². The molecule has 3 amide bonds. The zero-order valence-corrected chi connectivity index (χ0v) is 19.5. The van der Waals surface area contributed by atoms with Crippen LogP contribution < -0.4 is 15.4 Å². The zero-order valence-electron chi connectivity index (χ0n) is 19.5. The van der Waals surface area contributed by atoms with Crippen LogP contribution in [0.4, 0.5) is 10.5 Å². The van der Waals surface area contributed by atoms with Gasteiger partial charge in [-0.05, 0) is 67.8 Å². The van der Waals surface area contributed by atoms with Crippen LogP contribution in [0.2, 0.25) is 0 Å². The number of hydrogen-bond acceptors (Lipinski definition) is 5. The quantitative estimate of drug-likeness (QED) is 0.478. The Hall–Kier alpha value is -4.25. The van der Waals surface area contributed by atoms with Gasteiger partial charge in [0, 0.05) is 26.1 Å². The number of nitrogens with zero attached hydrogens (tertiary/aromatic N) is 3. The van der Waals surface area contributed by atoms with Crippen LogP contribution in [-0.4, -0.2) is 53.1 Å². The Kier molecular flexibility index (Phi) is 5.69. The second kappa shape index (κ2) is 8.84. The van der Waals surface area contributed by atoms with Gasteiger partial charge in [0.2, 0.25) is 0 Å². The van der Waals surface area contributed by atoms with Gasteiger partial charge in [0.25, 0.3) is 5.91 Å². The Bertz CT molecular complexity index is 1260. The summed E-state index contributed by atoms with van der Waals surface area (Å²) in [5.41, 5.74) is 7.73. The van der Waals surface area contributed by atoms with Crippen LogP contribution in [-0.2, 0) is 4.79 Å². The molecule has 8 nitrogen and oxygen atoms in total. The first-order chi connectivity index (χ1) is 17.0. The Morgan fingerprint density at radius 2 is 1.91 bits per heavy atom. The molecule has 8 heteroatoms. The largest absolute Gasteiger partial charge is 0.457 e. The van der Waals surface area contributed by atoms with Crippen LogP contribution >= 0.6 is 0 Å². The van der Waals surface area contributed by atoms with Gasteiger partial charge in [-0.2, -0.15) is 0 Å². The molecule has 178 valence electrons. The summed E-state index contributed by atoms with van der Waals surface area (Å²) in [7, 11) is 0.